The van der Waals surface area contributed by atoms with E-state index in [4.69, 9.17) is 16.3 Å². The van der Waals surface area contributed by atoms with Crippen LogP contribution in [0.1, 0.15) is 13.3 Å². The third-order valence-electron chi connectivity index (χ3n) is 1.85. The van der Waals surface area contributed by atoms with E-state index in [-0.39, 0.29) is 5.91 Å². The summed E-state index contributed by atoms with van der Waals surface area (Å²) >= 11 is 5.84. The van der Waals surface area contributed by atoms with Gasteiger partial charge in [0.05, 0.1) is 12.3 Å². The Kier molecular flexibility index (Phi) is 4.86. The summed E-state index contributed by atoms with van der Waals surface area (Å²) in [6.07, 6.45) is 2.10. The van der Waals surface area contributed by atoms with Gasteiger partial charge in [0.25, 0.3) is 0 Å². The van der Waals surface area contributed by atoms with Crippen molar-refractivity contribution in [2.45, 2.75) is 13.3 Å². The minimum atomic E-state index is -0.288. The zero-order valence-corrected chi connectivity index (χ0v) is 9.88. The Morgan fingerprint density at radius 3 is 3.00 bits per heavy atom. The van der Waals surface area contributed by atoms with Gasteiger partial charge in [0, 0.05) is 5.02 Å². The zero-order valence-electron chi connectivity index (χ0n) is 9.13. The van der Waals surface area contributed by atoms with Gasteiger partial charge in [0.2, 0.25) is 5.91 Å². The van der Waals surface area contributed by atoms with Crippen molar-refractivity contribution >= 4 is 23.2 Å². The van der Waals surface area contributed by atoms with Crippen LogP contribution >= 0.6 is 11.6 Å². The highest BCUT2D eigenvalue weighted by Gasteiger charge is 2.06. The Morgan fingerprint density at radius 2 is 2.38 bits per heavy atom. The molecule has 0 heterocycles. The molecule has 0 aliphatic carbocycles. The smallest absolute Gasteiger partial charge is 0.247 e. The van der Waals surface area contributed by atoms with Crippen LogP contribution in [0.15, 0.2) is 30.9 Å². The fourth-order valence-corrected chi connectivity index (χ4v) is 1.29. The molecule has 1 aromatic carbocycles. The maximum absolute atomic E-state index is 11.2. The van der Waals surface area contributed by atoms with E-state index >= 15 is 0 Å². The number of amides is 1. The van der Waals surface area contributed by atoms with Crippen molar-refractivity contribution in [1.29, 1.82) is 0 Å². The maximum atomic E-state index is 11.2. The molecule has 16 heavy (non-hydrogen) atoms. The molecule has 0 fully saturated rings. The fraction of sp³-hybridized carbons (Fsp3) is 0.250. The van der Waals surface area contributed by atoms with Gasteiger partial charge >= 0.3 is 0 Å². The molecular weight excluding hydrogens is 226 g/mol. The summed E-state index contributed by atoms with van der Waals surface area (Å²) in [5.41, 5.74) is 0.561. The second-order valence-corrected chi connectivity index (χ2v) is 3.62. The molecule has 4 heteroatoms. The lowest BCUT2D eigenvalue weighted by atomic mass is 10.3. The molecule has 0 radical (unpaired) electrons. The number of carbonyl (C=O) groups is 1. The Balaban J connectivity index is 2.88. The minimum Gasteiger partial charge on any atom is -0.491 e. The van der Waals surface area contributed by atoms with E-state index in [1.54, 1.807) is 18.2 Å². The number of anilines is 1. The molecule has 1 aromatic rings. The van der Waals surface area contributed by atoms with Gasteiger partial charge in [-0.05, 0) is 30.7 Å². The highest BCUT2D eigenvalue weighted by atomic mass is 35.5. The van der Waals surface area contributed by atoms with E-state index in [1.165, 1.54) is 6.08 Å². The topological polar surface area (TPSA) is 38.3 Å². The van der Waals surface area contributed by atoms with Crippen molar-refractivity contribution in [1.82, 2.24) is 0 Å². The van der Waals surface area contributed by atoms with E-state index in [0.29, 0.717) is 23.1 Å². The number of benzene rings is 1. The Hall–Kier alpha value is -1.48. The Bertz CT molecular complexity index is 391. The molecule has 0 atom stereocenters. The van der Waals surface area contributed by atoms with Crippen LogP contribution in [0.3, 0.4) is 0 Å². The fourth-order valence-electron chi connectivity index (χ4n) is 1.12. The Morgan fingerprint density at radius 1 is 1.62 bits per heavy atom. The number of hydrogen-bond acceptors (Lipinski definition) is 2. The number of carbonyl (C=O) groups excluding carboxylic acids is 1. The lowest BCUT2D eigenvalue weighted by molar-refractivity contribution is -0.111. The SMILES string of the molecule is C=CC(=O)Nc1cc(Cl)ccc1OCCC. The molecule has 0 bridgehead atoms. The van der Waals surface area contributed by atoms with Gasteiger partial charge in [0.1, 0.15) is 5.75 Å². The van der Waals surface area contributed by atoms with Crippen LogP contribution in [0.2, 0.25) is 5.02 Å². The molecule has 0 saturated carbocycles. The minimum absolute atomic E-state index is 0.288. The van der Waals surface area contributed by atoms with Crippen LogP contribution < -0.4 is 10.1 Å². The van der Waals surface area contributed by atoms with Gasteiger partial charge in [-0.2, -0.15) is 0 Å². The molecule has 86 valence electrons. The van der Waals surface area contributed by atoms with Crippen LogP contribution in [0, 0.1) is 0 Å². The molecule has 0 spiro atoms. The summed E-state index contributed by atoms with van der Waals surface area (Å²) in [5.74, 6) is 0.324. The van der Waals surface area contributed by atoms with Gasteiger partial charge in [-0.25, -0.2) is 0 Å². The first kappa shape index (κ1) is 12.6. The second kappa shape index (κ2) is 6.18. The standard InChI is InChI=1S/C12H14ClNO2/c1-3-7-16-11-6-5-9(13)8-10(11)14-12(15)4-2/h4-6,8H,2-3,7H2,1H3,(H,14,15). The van der Waals surface area contributed by atoms with E-state index in [9.17, 15) is 4.79 Å². The van der Waals surface area contributed by atoms with Gasteiger partial charge in [-0.3, -0.25) is 4.79 Å². The third-order valence-corrected chi connectivity index (χ3v) is 2.08. The number of nitrogens with one attached hydrogen (secondary N) is 1. The summed E-state index contributed by atoms with van der Waals surface area (Å²) in [5, 5.41) is 3.19. The molecule has 0 aliphatic rings. The van der Waals surface area contributed by atoms with E-state index < -0.39 is 0 Å². The summed E-state index contributed by atoms with van der Waals surface area (Å²) in [6, 6.07) is 5.10. The van der Waals surface area contributed by atoms with Gasteiger partial charge in [-0.15, -0.1) is 0 Å². The molecule has 1 rings (SSSR count). The first-order valence-corrected chi connectivity index (χ1v) is 5.41. The molecule has 1 amide bonds. The number of hydrogen-bond donors (Lipinski definition) is 1. The van der Waals surface area contributed by atoms with Gasteiger partial charge < -0.3 is 10.1 Å². The first-order valence-electron chi connectivity index (χ1n) is 5.03. The van der Waals surface area contributed by atoms with Crippen molar-refractivity contribution in [2.75, 3.05) is 11.9 Å². The largest absolute Gasteiger partial charge is 0.491 e. The average Bonchev–Trinajstić information content (AvgIpc) is 2.28. The van der Waals surface area contributed by atoms with Crippen LogP contribution in [-0.4, -0.2) is 12.5 Å². The normalized spacial score (nSPS) is 9.62. The second-order valence-electron chi connectivity index (χ2n) is 3.18. The highest BCUT2D eigenvalue weighted by Crippen LogP contribution is 2.28. The third kappa shape index (κ3) is 3.59. The van der Waals surface area contributed by atoms with Crippen molar-refractivity contribution in [2.24, 2.45) is 0 Å². The summed E-state index contributed by atoms with van der Waals surface area (Å²) in [7, 11) is 0. The highest BCUT2D eigenvalue weighted by molar-refractivity contribution is 6.31. The lowest BCUT2D eigenvalue weighted by Crippen LogP contribution is -2.09. The summed E-state index contributed by atoms with van der Waals surface area (Å²) in [4.78, 5) is 11.2. The van der Waals surface area contributed by atoms with Crippen molar-refractivity contribution in [3.63, 3.8) is 0 Å². The van der Waals surface area contributed by atoms with Crippen molar-refractivity contribution < 1.29 is 9.53 Å². The van der Waals surface area contributed by atoms with Gasteiger partial charge in [0.15, 0.2) is 0 Å². The van der Waals surface area contributed by atoms with Crippen LogP contribution in [0.25, 0.3) is 0 Å². The monoisotopic (exact) mass is 239 g/mol. The predicted octanol–water partition coefficient (Wildman–Crippen LogP) is 3.25. The average molecular weight is 240 g/mol. The van der Waals surface area contributed by atoms with Gasteiger partial charge in [-0.1, -0.05) is 25.1 Å². The molecule has 0 saturated heterocycles. The number of halogens is 1. The van der Waals surface area contributed by atoms with E-state index in [0.717, 1.165) is 6.42 Å². The first-order chi connectivity index (χ1) is 7.67. The molecule has 0 unspecified atom stereocenters. The number of ether oxygens (including phenoxy) is 1. The van der Waals surface area contributed by atoms with Crippen LogP contribution in [0.5, 0.6) is 5.75 Å². The molecule has 3 nitrogen and oxygen atoms in total. The molecular formula is C12H14ClNO2. The molecule has 0 aliphatic heterocycles. The zero-order chi connectivity index (χ0) is 12.0. The van der Waals surface area contributed by atoms with E-state index in [1.807, 2.05) is 6.92 Å². The predicted molar refractivity (Wildman–Crippen MR) is 66.1 cm³/mol. The number of rotatable bonds is 5. The van der Waals surface area contributed by atoms with E-state index in [2.05, 4.69) is 11.9 Å². The summed E-state index contributed by atoms with van der Waals surface area (Å²) < 4.78 is 5.48. The molecule has 1 N–H and O–H groups in total. The maximum Gasteiger partial charge on any atom is 0.247 e. The lowest BCUT2D eigenvalue weighted by Gasteiger charge is -2.11. The van der Waals surface area contributed by atoms with Crippen LogP contribution in [0.4, 0.5) is 5.69 Å². The quantitative estimate of drug-likeness (QED) is 0.801. The van der Waals surface area contributed by atoms with Crippen molar-refractivity contribution in [3.8, 4) is 5.75 Å². The molecule has 0 aromatic heterocycles. The van der Waals surface area contributed by atoms with Crippen molar-refractivity contribution in [3.05, 3.63) is 35.9 Å². The Labute approximate surface area is 100 Å². The van der Waals surface area contributed by atoms with Crippen LogP contribution in [-0.2, 0) is 4.79 Å². The summed E-state index contributed by atoms with van der Waals surface area (Å²) in [6.45, 7) is 5.99.